The largest absolute Gasteiger partial charge is 0.439 e. The van der Waals surface area contributed by atoms with Gasteiger partial charge >= 0.3 is 0 Å². The van der Waals surface area contributed by atoms with E-state index in [1.165, 1.54) is 10.8 Å². The van der Waals surface area contributed by atoms with Crippen molar-refractivity contribution in [1.82, 2.24) is 14.5 Å². The molecule has 0 aliphatic carbocycles. The van der Waals surface area contributed by atoms with Crippen LogP contribution in [0.15, 0.2) is 109 Å². The van der Waals surface area contributed by atoms with Crippen molar-refractivity contribution in [2.45, 2.75) is 19.8 Å². The Hall–Kier alpha value is -4.44. The zero-order valence-corrected chi connectivity index (χ0v) is 19.7. The summed E-state index contributed by atoms with van der Waals surface area (Å²) in [5.74, 6) is 2.67. The van der Waals surface area contributed by atoms with Crippen molar-refractivity contribution in [3.63, 3.8) is 0 Å². The van der Waals surface area contributed by atoms with Crippen molar-refractivity contribution in [2.24, 2.45) is 0 Å². The SMILES string of the molecule is CC(C)c1cccnc1Oc1cccc(-c2ccc3c4ccccc4n(-c4ccccn4)c3c2)c1. The Morgan fingerprint density at radius 3 is 2.31 bits per heavy atom. The van der Waals surface area contributed by atoms with Gasteiger partial charge in [0.25, 0.3) is 0 Å². The van der Waals surface area contributed by atoms with Crippen LogP contribution in [0.3, 0.4) is 0 Å². The zero-order valence-electron chi connectivity index (χ0n) is 19.7. The van der Waals surface area contributed by atoms with Gasteiger partial charge in [0.1, 0.15) is 11.6 Å². The quantitative estimate of drug-likeness (QED) is 0.263. The standard InChI is InChI=1S/C31H25N3O/c1-21(2)25-12-8-18-33-31(25)35-24-10-7-9-22(19-24)23-15-16-27-26-11-3-4-13-28(26)34(29(27)20-23)30-14-5-6-17-32-30/h3-21H,1-2H3. The third-order valence-corrected chi connectivity index (χ3v) is 6.36. The minimum Gasteiger partial charge on any atom is -0.439 e. The maximum atomic E-state index is 6.24. The van der Waals surface area contributed by atoms with E-state index in [-0.39, 0.29) is 0 Å². The number of hydrogen-bond acceptors (Lipinski definition) is 3. The Morgan fingerprint density at radius 1 is 0.657 bits per heavy atom. The van der Waals surface area contributed by atoms with E-state index >= 15 is 0 Å². The van der Waals surface area contributed by atoms with E-state index in [1.807, 2.05) is 42.6 Å². The van der Waals surface area contributed by atoms with Gasteiger partial charge in [0, 0.05) is 28.7 Å². The summed E-state index contributed by atoms with van der Waals surface area (Å²) >= 11 is 0. The second kappa shape index (κ2) is 8.73. The van der Waals surface area contributed by atoms with Crippen LogP contribution in [-0.2, 0) is 0 Å². The number of hydrogen-bond donors (Lipinski definition) is 0. The van der Waals surface area contributed by atoms with E-state index in [0.29, 0.717) is 11.8 Å². The fourth-order valence-electron chi connectivity index (χ4n) is 4.66. The first-order valence-corrected chi connectivity index (χ1v) is 11.9. The van der Waals surface area contributed by atoms with Crippen LogP contribution in [0.4, 0.5) is 0 Å². The third-order valence-electron chi connectivity index (χ3n) is 6.36. The van der Waals surface area contributed by atoms with Crippen LogP contribution >= 0.6 is 0 Å². The van der Waals surface area contributed by atoms with Crippen molar-refractivity contribution in [2.75, 3.05) is 0 Å². The lowest BCUT2D eigenvalue weighted by molar-refractivity contribution is 0.453. The highest BCUT2D eigenvalue weighted by Crippen LogP contribution is 2.36. The minimum atomic E-state index is 0.331. The molecule has 0 unspecified atom stereocenters. The first kappa shape index (κ1) is 21.1. The summed E-state index contributed by atoms with van der Waals surface area (Å²) < 4.78 is 8.47. The average molecular weight is 456 g/mol. The first-order valence-electron chi connectivity index (χ1n) is 11.9. The molecule has 3 aromatic carbocycles. The molecule has 0 aliphatic rings. The molecule has 3 aromatic heterocycles. The molecule has 6 rings (SSSR count). The van der Waals surface area contributed by atoms with Crippen LogP contribution < -0.4 is 4.74 Å². The van der Waals surface area contributed by atoms with Gasteiger partial charge < -0.3 is 4.74 Å². The van der Waals surface area contributed by atoms with Crippen molar-refractivity contribution in [3.8, 4) is 28.6 Å². The molecular formula is C31H25N3O. The van der Waals surface area contributed by atoms with Gasteiger partial charge in [-0.05, 0) is 59.5 Å². The number of rotatable bonds is 5. The maximum absolute atomic E-state index is 6.24. The van der Waals surface area contributed by atoms with Crippen molar-refractivity contribution >= 4 is 21.8 Å². The molecule has 0 fully saturated rings. The molecule has 35 heavy (non-hydrogen) atoms. The number of aromatic nitrogens is 3. The van der Waals surface area contributed by atoms with E-state index in [2.05, 4.69) is 89.0 Å². The molecule has 4 nitrogen and oxygen atoms in total. The highest BCUT2D eigenvalue weighted by Gasteiger charge is 2.14. The average Bonchev–Trinajstić information content (AvgIpc) is 3.23. The molecule has 0 N–H and O–H groups in total. The highest BCUT2D eigenvalue weighted by atomic mass is 16.5. The van der Waals surface area contributed by atoms with Gasteiger partial charge in [-0.3, -0.25) is 4.57 Å². The molecule has 0 saturated carbocycles. The van der Waals surface area contributed by atoms with Gasteiger partial charge in [-0.15, -0.1) is 0 Å². The van der Waals surface area contributed by atoms with Crippen LogP contribution in [-0.4, -0.2) is 14.5 Å². The van der Waals surface area contributed by atoms with E-state index in [9.17, 15) is 0 Å². The summed E-state index contributed by atoms with van der Waals surface area (Å²) in [6.07, 6.45) is 3.61. The lowest BCUT2D eigenvalue weighted by Crippen LogP contribution is -1.97. The van der Waals surface area contributed by atoms with Gasteiger partial charge in [-0.1, -0.05) is 68.4 Å². The van der Waals surface area contributed by atoms with Crippen LogP contribution in [0.5, 0.6) is 11.6 Å². The zero-order chi connectivity index (χ0) is 23.8. The van der Waals surface area contributed by atoms with Gasteiger partial charge in [0.05, 0.1) is 11.0 Å². The molecule has 0 aliphatic heterocycles. The normalized spacial score (nSPS) is 11.4. The van der Waals surface area contributed by atoms with Crippen molar-refractivity contribution < 1.29 is 4.74 Å². The Balaban J connectivity index is 1.46. The predicted octanol–water partition coefficient (Wildman–Crippen LogP) is 8.16. The summed E-state index contributed by atoms with van der Waals surface area (Å²) in [5, 5.41) is 2.42. The molecule has 0 radical (unpaired) electrons. The number of pyridine rings is 2. The molecule has 170 valence electrons. The lowest BCUT2D eigenvalue weighted by Gasteiger charge is -2.13. The van der Waals surface area contributed by atoms with E-state index in [4.69, 9.17) is 4.74 Å². The van der Waals surface area contributed by atoms with E-state index < -0.39 is 0 Å². The number of fused-ring (bicyclic) bond motifs is 3. The summed E-state index contributed by atoms with van der Waals surface area (Å²) in [7, 11) is 0. The molecule has 3 heterocycles. The number of benzene rings is 3. The fourth-order valence-corrected chi connectivity index (χ4v) is 4.66. The molecule has 0 amide bonds. The van der Waals surface area contributed by atoms with Crippen LogP contribution in [0, 0.1) is 0 Å². The van der Waals surface area contributed by atoms with Crippen molar-refractivity contribution in [3.05, 3.63) is 115 Å². The molecule has 0 spiro atoms. The third kappa shape index (κ3) is 3.83. The summed E-state index contributed by atoms with van der Waals surface area (Å²) in [6.45, 7) is 4.30. The topological polar surface area (TPSA) is 39.9 Å². The molecule has 0 atom stereocenters. The smallest absolute Gasteiger partial charge is 0.222 e. The Morgan fingerprint density at radius 2 is 1.46 bits per heavy atom. The van der Waals surface area contributed by atoms with Crippen LogP contribution in [0.1, 0.15) is 25.3 Å². The molecular weight excluding hydrogens is 430 g/mol. The summed E-state index contributed by atoms with van der Waals surface area (Å²) in [6, 6.07) is 33.3. The Bertz CT molecular complexity index is 1650. The van der Waals surface area contributed by atoms with Crippen LogP contribution in [0.25, 0.3) is 38.8 Å². The first-order chi connectivity index (χ1) is 17.2. The molecule has 0 bridgehead atoms. The van der Waals surface area contributed by atoms with E-state index in [0.717, 1.165) is 39.3 Å². The second-order valence-electron chi connectivity index (χ2n) is 8.95. The second-order valence-corrected chi connectivity index (χ2v) is 8.95. The molecule has 4 heteroatoms. The number of para-hydroxylation sites is 1. The number of nitrogens with zero attached hydrogens (tertiary/aromatic N) is 3. The molecule has 0 saturated heterocycles. The Labute approximate surface area is 204 Å². The Kier molecular flexibility index (Phi) is 5.27. The highest BCUT2D eigenvalue weighted by molar-refractivity contribution is 6.10. The number of ether oxygens (including phenoxy) is 1. The summed E-state index contributed by atoms with van der Waals surface area (Å²) in [4.78, 5) is 9.12. The summed E-state index contributed by atoms with van der Waals surface area (Å²) in [5.41, 5.74) is 5.57. The fraction of sp³-hybridized carbons (Fsp3) is 0.0968. The van der Waals surface area contributed by atoms with Gasteiger partial charge in [-0.2, -0.15) is 0 Å². The molecule has 6 aromatic rings. The minimum absolute atomic E-state index is 0.331. The van der Waals surface area contributed by atoms with Crippen molar-refractivity contribution in [1.29, 1.82) is 0 Å². The lowest BCUT2D eigenvalue weighted by atomic mass is 10.0. The van der Waals surface area contributed by atoms with Gasteiger partial charge in [-0.25, -0.2) is 9.97 Å². The maximum Gasteiger partial charge on any atom is 0.222 e. The van der Waals surface area contributed by atoms with Gasteiger partial charge in [0.2, 0.25) is 5.88 Å². The monoisotopic (exact) mass is 455 g/mol. The predicted molar refractivity (Wildman–Crippen MR) is 142 cm³/mol. The van der Waals surface area contributed by atoms with E-state index in [1.54, 1.807) is 6.20 Å². The van der Waals surface area contributed by atoms with Crippen LogP contribution in [0.2, 0.25) is 0 Å². The van der Waals surface area contributed by atoms with Gasteiger partial charge in [0.15, 0.2) is 0 Å².